The lowest BCUT2D eigenvalue weighted by atomic mass is 10.1. The Hall–Kier alpha value is -3.27. The first-order chi connectivity index (χ1) is 13.9. The standard InChI is InChI=1S/C19H25N7O3.ClH/c1-11-15(10-16(27)22-6-7-29-26-19(20)21)25-17(18(28)23-11)24-14-8-12-4-2-3-5-13(12)9-14;/h2-5,14H,6-10H2,1H3,(H,22,27)(H,23,28)(H,24,25)(H4,20,21,26);1H. The van der Waals surface area contributed by atoms with Gasteiger partial charge in [-0.1, -0.05) is 24.3 Å². The highest BCUT2D eigenvalue weighted by Crippen LogP contribution is 2.23. The van der Waals surface area contributed by atoms with Crippen LogP contribution in [-0.2, 0) is 28.9 Å². The predicted molar refractivity (Wildman–Crippen MR) is 117 cm³/mol. The molecule has 7 N–H and O–H groups in total. The quantitative estimate of drug-likeness (QED) is 0.168. The largest absolute Gasteiger partial charge is 0.391 e. The molecule has 2 aromatic rings. The summed E-state index contributed by atoms with van der Waals surface area (Å²) in [5.74, 6) is -0.206. The maximum Gasteiger partial charge on any atom is 0.290 e. The SMILES string of the molecule is Cc1[nH]c(=O)c(NC2Cc3ccccc3C2)nc1CC(=O)NCCON=C(N)N.Cl. The maximum atomic E-state index is 12.3. The van der Waals surface area contributed by atoms with Crippen LogP contribution in [0, 0.1) is 6.92 Å². The monoisotopic (exact) mass is 435 g/mol. The Kier molecular flexibility index (Phi) is 8.05. The summed E-state index contributed by atoms with van der Waals surface area (Å²) in [4.78, 5) is 36.4. The molecule has 162 valence electrons. The molecular weight excluding hydrogens is 410 g/mol. The molecule has 1 aliphatic carbocycles. The Labute approximate surface area is 179 Å². The van der Waals surface area contributed by atoms with Crippen LogP contribution < -0.4 is 27.7 Å². The number of carbonyl (C=O) groups is 1. The summed E-state index contributed by atoms with van der Waals surface area (Å²) in [6, 6.07) is 8.31. The van der Waals surface area contributed by atoms with E-state index in [1.807, 2.05) is 12.1 Å². The van der Waals surface area contributed by atoms with Gasteiger partial charge in [0.1, 0.15) is 6.61 Å². The molecular formula is C19H26ClN7O3. The van der Waals surface area contributed by atoms with Crippen LogP contribution in [0.3, 0.4) is 0 Å². The first kappa shape index (κ1) is 23.0. The smallest absolute Gasteiger partial charge is 0.290 e. The fourth-order valence-electron chi connectivity index (χ4n) is 3.27. The van der Waals surface area contributed by atoms with E-state index >= 15 is 0 Å². The zero-order valence-corrected chi connectivity index (χ0v) is 17.4. The van der Waals surface area contributed by atoms with Crippen molar-refractivity contribution in [2.75, 3.05) is 18.5 Å². The molecule has 1 aromatic carbocycles. The van der Waals surface area contributed by atoms with E-state index in [-0.39, 0.29) is 61.3 Å². The van der Waals surface area contributed by atoms with E-state index in [4.69, 9.17) is 16.3 Å². The molecule has 10 nitrogen and oxygen atoms in total. The number of hydrogen-bond donors (Lipinski definition) is 5. The van der Waals surface area contributed by atoms with Crippen molar-refractivity contribution >= 4 is 30.1 Å². The van der Waals surface area contributed by atoms with Gasteiger partial charge in [-0.15, -0.1) is 12.4 Å². The molecule has 0 atom stereocenters. The van der Waals surface area contributed by atoms with Gasteiger partial charge in [-0.25, -0.2) is 4.98 Å². The highest BCUT2D eigenvalue weighted by molar-refractivity contribution is 5.85. The van der Waals surface area contributed by atoms with Gasteiger partial charge in [0, 0.05) is 11.7 Å². The fourth-order valence-corrected chi connectivity index (χ4v) is 3.27. The van der Waals surface area contributed by atoms with E-state index in [2.05, 4.69) is 37.9 Å². The van der Waals surface area contributed by atoms with Crippen LogP contribution in [0.15, 0.2) is 34.2 Å². The number of halogens is 1. The number of benzene rings is 1. The maximum absolute atomic E-state index is 12.3. The van der Waals surface area contributed by atoms with Crippen molar-refractivity contribution in [1.29, 1.82) is 0 Å². The van der Waals surface area contributed by atoms with Crippen LogP contribution in [0.5, 0.6) is 0 Å². The third-order valence-corrected chi connectivity index (χ3v) is 4.60. The third-order valence-electron chi connectivity index (χ3n) is 4.60. The van der Waals surface area contributed by atoms with Gasteiger partial charge < -0.3 is 31.9 Å². The molecule has 3 rings (SSSR count). The Morgan fingerprint density at radius 2 is 1.97 bits per heavy atom. The molecule has 1 aliphatic rings. The molecule has 0 bridgehead atoms. The number of aromatic nitrogens is 2. The first-order valence-corrected chi connectivity index (χ1v) is 9.33. The number of fused-ring (bicyclic) bond motifs is 1. The summed E-state index contributed by atoms with van der Waals surface area (Å²) in [6.45, 7) is 2.09. The molecule has 1 amide bonds. The van der Waals surface area contributed by atoms with E-state index in [1.54, 1.807) is 6.92 Å². The molecule has 0 saturated heterocycles. The predicted octanol–water partition coefficient (Wildman–Crippen LogP) is -0.0569. The minimum atomic E-state index is -0.298. The van der Waals surface area contributed by atoms with E-state index in [9.17, 15) is 9.59 Å². The lowest BCUT2D eigenvalue weighted by molar-refractivity contribution is -0.120. The van der Waals surface area contributed by atoms with Crippen LogP contribution in [0.1, 0.15) is 22.5 Å². The summed E-state index contributed by atoms with van der Waals surface area (Å²) >= 11 is 0. The topological polar surface area (TPSA) is 161 Å². The molecule has 0 saturated carbocycles. The highest BCUT2D eigenvalue weighted by Gasteiger charge is 2.22. The van der Waals surface area contributed by atoms with Gasteiger partial charge >= 0.3 is 0 Å². The van der Waals surface area contributed by atoms with Crippen LogP contribution in [-0.4, -0.2) is 41.0 Å². The van der Waals surface area contributed by atoms with Gasteiger partial charge in [-0.3, -0.25) is 9.59 Å². The van der Waals surface area contributed by atoms with E-state index in [1.165, 1.54) is 11.1 Å². The number of guanidine groups is 1. The molecule has 1 heterocycles. The average Bonchev–Trinajstić information content (AvgIpc) is 3.07. The van der Waals surface area contributed by atoms with E-state index in [0.717, 1.165) is 12.8 Å². The molecule has 0 radical (unpaired) electrons. The van der Waals surface area contributed by atoms with Gasteiger partial charge in [0.05, 0.1) is 18.7 Å². The molecule has 1 aromatic heterocycles. The average molecular weight is 436 g/mol. The normalized spacial score (nSPS) is 12.4. The molecule has 30 heavy (non-hydrogen) atoms. The fraction of sp³-hybridized carbons (Fsp3) is 0.368. The minimum Gasteiger partial charge on any atom is -0.391 e. The van der Waals surface area contributed by atoms with Crippen LogP contribution >= 0.6 is 12.4 Å². The van der Waals surface area contributed by atoms with E-state index < -0.39 is 0 Å². The zero-order valence-electron chi connectivity index (χ0n) is 16.6. The number of nitrogens with zero attached hydrogens (tertiary/aromatic N) is 2. The Balaban J connectivity index is 0.00000320. The van der Waals surface area contributed by atoms with Crippen LogP contribution in [0.25, 0.3) is 0 Å². The summed E-state index contributed by atoms with van der Waals surface area (Å²) in [6.07, 6.45) is 1.69. The van der Waals surface area contributed by atoms with Gasteiger partial charge in [0.15, 0.2) is 5.82 Å². The molecule has 0 fully saturated rings. The van der Waals surface area contributed by atoms with Crippen LogP contribution in [0.4, 0.5) is 5.82 Å². The van der Waals surface area contributed by atoms with Crippen molar-refractivity contribution in [3.63, 3.8) is 0 Å². The number of nitrogens with one attached hydrogen (secondary N) is 3. The number of rotatable bonds is 8. The molecule has 0 spiro atoms. The van der Waals surface area contributed by atoms with Crippen molar-refractivity contribution in [3.05, 3.63) is 57.1 Å². The highest BCUT2D eigenvalue weighted by atomic mass is 35.5. The Morgan fingerprint density at radius 3 is 2.60 bits per heavy atom. The second-order valence-electron chi connectivity index (χ2n) is 6.88. The number of aromatic amines is 1. The van der Waals surface area contributed by atoms with Gasteiger partial charge in [0.2, 0.25) is 11.9 Å². The van der Waals surface area contributed by atoms with Gasteiger partial charge in [-0.05, 0) is 36.0 Å². The lowest BCUT2D eigenvalue weighted by Crippen LogP contribution is -2.31. The second kappa shape index (κ2) is 10.5. The number of H-pyrrole nitrogens is 1. The molecule has 11 heteroatoms. The molecule has 0 unspecified atom stereocenters. The Bertz CT molecular complexity index is 948. The number of hydrogen-bond acceptors (Lipinski definition) is 6. The summed E-state index contributed by atoms with van der Waals surface area (Å²) in [7, 11) is 0. The molecule has 0 aliphatic heterocycles. The lowest BCUT2D eigenvalue weighted by Gasteiger charge is -2.14. The zero-order chi connectivity index (χ0) is 20.8. The summed E-state index contributed by atoms with van der Waals surface area (Å²) in [5.41, 5.74) is 13.6. The van der Waals surface area contributed by atoms with Crippen molar-refractivity contribution in [2.24, 2.45) is 16.6 Å². The number of oxime groups is 1. The number of aryl methyl sites for hydroxylation is 1. The number of anilines is 1. The van der Waals surface area contributed by atoms with Crippen molar-refractivity contribution in [1.82, 2.24) is 15.3 Å². The first-order valence-electron chi connectivity index (χ1n) is 9.33. The van der Waals surface area contributed by atoms with Gasteiger partial charge in [-0.2, -0.15) is 0 Å². The van der Waals surface area contributed by atoms with E-state index in [0.29, 0.717) is 11.4 Å². The van der Waals surface area contributed by atoms with Crippen molar-refractivity contribution < 1.29 is 9.63 Å². The van der Waals surface area contributed by atoms with Crippen molar-refractivity contribution in [2.45, 2.75) is 32.2 Å². The second-order valence-corrected chi connectivity index (χ2v) is 6.88. The van der Waals surface area contributed by atoms with Crippen molar-refractivity contribution in [3.8, 4) is 0 Å². The number of carbonyl (C=O) groups excluding carboxylic acids is 1. The van der Waals surface area contributed by atoms with Gasteiger partial charge in [0.25, 0.3) is 5.56 Å². The Morgan fingerprint density at radius 1 is 1.30 bits per heavy atom. The number of nitrogens with two attached hydrogens (primary N) is 2. The summed E-state index contributed by atoms with van der Waals surface area (Å²) in [5, 5.41) is 9.27. The number of amides is 1. The third kappa shape index (κ3) is 6.11. The minimum absolute atomic E-state index is 0. The van der Waals surface area contributed by atoms with Crippen LogP contribution in [0.2, 0.25) is 0 Å². The summed E-state index contributed by atoms with van der Waals surface area (Å²) < 4.78 is 0.